The number of hydrogen-bond donors (Lipinski definition) is 4. The molecule has 0 spiro atoms. The van der Waals surface area contributed by atoms with E-state index in [2.05, 4.69) is 25.9 Å². The number of aliphatic hydroxyl groups is 2. The third kappa shape index (κ3) is 5.03. The Morgan fingerprint density at radius 3 is 2.83 bits per heavy atom. The third-order valence-electron chi connectivity index (χ3n) is 6.32. The number of amides is 1. The Balaban J connectivity index is 1.26. The van der Waals surface area contributed by atoms with Gasteiger partial charge in [0, 0.05) is 22.5 Å². The lowest BCUT2D eigenvalue weighted by molar-refractivity contribution is -0.677. The highest BCUT2D eigenvalue weighted by molar-refractivity contribution is 9.10. The fourth-order valence-corrected chi connectivity index (χ4v) is 5.71. The largest absolute Gasteiger partial charge is 0.454 e. The molecule has 5 rings (SSSR count). The second-order valence-electron chi connectivity index (χ2n) is 8.56. The molecule has 186 valence electrons. The van der Waals surface area contributed by atoms with Gasteiger partial charge in [-0.05, 0) is 65.0 Å². The predicted molar refractivity (Wildman–Crippen MR) is 130 cm³/mol. The summed E-state index contributed by atoms with van der Waals surface area (Å²) in [6.45, 7) is 1.53. The molecule has 11 nitrogen and oxygen atoms in total. The van der Waals surface area contributed by atoms with Crippen molar-refractivity contribution in [2.24, 2.45) is 5.92 Å². The van der Waals surface area contributed by atoms with Gasteiger partial charge in [-0.1, -0.05) is 9.97 Å². The molecule has 2 aliphatic rings. The molecule has 1 aromatic carbocycles. The molecule has 2 aliphatic heterocycles. The standard InChI is InChI=1S/C22H25BrN6O5S/c23-13-7-15-16(34-11-33-15)8-17(13)35-22-26-18-19(24)25-10-29(20(18)27-22)6-3-12-1-4-28(5-2-12)21(32)14(31)9-30/h7-8,10,12,14,30-31H,1-6,9,11H2,(H2,24,26,27)/p+1/t14-/m0/s1. The monoisotopic (exact) mass is 565 g/mol. The first-order valence-electron chi connectivity index (χ1n) is 11.3. The molecule has 1 atom stereocenters. The predicted octanol–water partition coefficient (Wildman–Crippen LogP) is 1.45. The summed E-state index contributed by atoms with van der Waals surface area (Å²) in [5, 5.41) is 19.3. The Kier molecular flexibility index (Phi) is 7.00. The van der Waals surface area contributed by atoms with Gasteiger partial charge in [0.15, 0.2) is 23.1 Å². The number of nitrogens with zero attached hydrogens (tertiary/aromatic N) is 4. The van der Waals surface area contributed by atoms with Crippen LogP contribution in [0.15, 0.2) is 33.0 Å². The number of aromatic amines is 1. The molecular formula is C22H26BrN6O5S+. The normalized spacial score (nSPS) is 16.7. The first kappa shape index (κ1) is 24.1. The van der Waals surface area contributed by atoms with Gasteiger partial charge in [-0.2, -0.15) is 0 Å². The molecule has 4 heterocycles. The van der Waals surface area contributed by atoms with E-state index in [4.69, 9.17) is 25.3 Å². The summed E-state index contributed by atoms with van der Waals surface area (Å²) in [7, 11) is 0. The molecule has 5 N–H and O–H groups in total. The molecule has 1 amide bonds. The number of nitrogens with two attached hydrogens (primary N) is 1. The minimum Gasteiger partial charge on any atom is -0.454 e. The quantitative estimate of drug-likeness (QED) is 0.312. The van der Waals surface area contributed by atoms with Crippen LogP contribution in [0.1, 0.15) is 19.3 Å². The number of imidazole rings is 1. The highest BCUT2D eigenvalue weighted by atomic mass is 79.9. The van der Waals surface area contributed by atoms with E-state index in [1.54, 1.807) is 11.2 Å². The first-order valence-corrected chi connectivity index (χ1v) is 12.9. The molecule has 0 unspecified atom stereocenters. The fourth-order valence-electron chi connectivity index (χ4n) is 4.33. The molecule has 0 aliphatic carbocycles. The van der Waals surface area contributed by atoms with E-state index >= 15 is 0 Å². The number of likely N-dealkylation sites (tertiary alicyclic amines) is 1. The van der Waals surface area contributed by atoms with E-state index < -0.39 is 18.6 Å². The lowest BCUT2D eigenvalue weighted by Crippen LogP contribution is -2.45. The number of anilines is 1. The van der Waals surface area contributed by atoms with Crippen molar-refractivity contribution < 1.29 is 29.0 Å². The van der Waals surface area contributed by atoms with Gasteiger partial charge >= 0.3 is 0 Å². The van der Waals surface area contributed by atoms with Crippen LogP contribution in [0.5, 0.6) is 11.5 Å². The number of nitrogens with one attached hydrogen (secondary N) is 1. The number of piperidine rings is 1. The van der Waals surface area contributed by atoms with Gasteiger partial charge in [0.05, 0.1) is 13.2 Å². The van der Waals surface area contributed by atoms with Crippen LogP contribution in [0.2, 0.25) is 0 Å². The van der Waals surface area contributed by atoms with Crippen LogP contribution in [0, 0.1) is 5.92 Å². The van der Waals surface area contributed by atoms with Crippen molar-refractivity contribution in [3.05, 3.63) is 22.9 Å². The second-order valence-corrected chi connectivity index (χ2v) is 10.4. The minimum absolute atomic E-state index is 0.211. The fraction of sp³-hybridized carbons (Fsp3) is 0.455. The van der Waals surface area contributed by atoms with Crippen molar-refractivity contribution in [3.63, 3.8) is 0 Å². The molecule has 13 heteroatoms. The van der Waals surface area contributed by atoms with E-state index in [1.807, 2.05) is 16.7 Å². The average molecular weight is 566 g/mol. The molecule has 1 saturated heterocycles. The van der Waals surface area contributed by atoms with Gasteiger partial charge in [0.2, 0.25) is 24.1 Å². The molecule has 2 aromatic heterocycles. The van der Waals surface area contributed by atoms with E-state index in [0.29, 0.717) is 53.5 Å². The summed E-state index contributed by atoms with van der Waals surface area (Å²) in [4.78, 5) is 27.0. The van der Waals surface area contributed by atoms with Crippen molar-refractivity contribution in [2.45, 2.75) is 42.0 Å². The molecule has 35 heavy (non-hydrogen) atoms. The number of H-pyrrole nitrogens is 1. The summed E-state index contributed by atoms with van der Waals surface area (Å²) in [6.07, 6.45) is 2.96. The number of aromatic nitrogens is 4. The smallest absolute Gasteiger partial charge is 0.294 e. The zero-order chi connectivity index (χ0) is 24.5. The number of benzene rings is 1. The molecule has 0 saturated carbocycles. The van der Waals surface area contributed by atoms with Crippen molar-refractivity contribution in [1.29, 1.82) is 0 Å². The van der Waals surface area contributed by atoms with Crippen molar-refractivity contribution in [2.75, 3.05) is 32.2 Å². The number of nitrogen functional groups attached to an aromatic ring is 1. The Bertz CT molecular complexity index is 1250. The second kappa shape index (κ2) is 10.2. The number of carbonyl (C=O) groups excluding carboxylic acids is 1. The molecular weight excluding hydrogens is 540 g/mol. The Hall–Kier alpha value is -2.61. The number of aliphatic hydroxyl groups excluding tert-OH is 2. The van der Waals surface area contributed by atoms with Crippen LogP contribution in [-0.4, -0.2) is 68.6 Å². The lowest BCUT2D eigenvalue weighted by atomic mass is 9.93. The Labute approximate surface area is 213 Å². The van der Waals surface area contributed by atoms with Gasteiger partial charge in [-0.15, -0.1) is 0 Å². The van der Waals surface area contributed by atoms with Crippen LogP contribution >= 0.6 is 27.7 Å². The van der Waals surface area contributed by atoms with E-state index in [0.717, 1.165) is 34.3 Å². The summed E-state index contributed by atoms with van der Waals surface area (Å²) in [5.74, 6) is 1.82. The summed E-state index contributed by atoms with van der Waals surface area (Å²) in [5.41, 5.74) is 7.54. The molecule has 3 aromatic rings. The van der Waals surface area contributed by atoms with Gasteiger partial charge < -0.3 is 35.3 Å². The van der Waals surface area contributed by atoms with Crippen LogP contribution in [0.3, 0.4) is 0 Å². The Morgan fingerprint density at radius 2 is 2.09 bits per heavy atom. The van der Waals surface area contributed by atoms with E-state index in [1.165, 1.54) is 11.8 Å². The number of hydrogen-bond acceptors (Lipinski definition) is 9. The van der Waals surface area contributed by atoms with Crippen LogP contribution in [0.25, 0.3) is 11.2 Å². The van der Waals surface area contributed by atoms with Crippen molar-refractivity contribution in [1.82, 2.24) is 19.9 Å². The van der Waals surface area contributed by atoms with Gasteiger partial charge in [-0.25, -0.2) is 4.57 Å². The third-order valence-corrected chi connectivity index (χ3v) is 8.19. The molecule has 0 radical (unpaired) electrons. The number of rotatable bonds is 7. The summed E-state index contributed by atoms with van der Waals surface area (Å²) >= 11 is 5.04. The van der Waals surface area contributed by atoms with Gasteiger partial charge in [0.1, 0.15) is 0 Å². The topological polar surface area (TPSA) is 151 Å². The summed E-state index contributed by atoms with van der Waals surface area (Å²) < 4.78 is 13.8. The van der Waals surface area contributed by atoms with E-state index in [9.17, 15) is 9.90 Å². The lowest BCUT2D eigenvalue weighted by Gasteiger charge is -2.32. The highest BCUT2D eigenvalue weighted by Crippen LogP contribution is 2.42. The maximum absolute atomic E-state index is 12.1. The number of aryl methyl sites for hydroxylation is 1. The van der Waals surface area contributed by atoms with Crippen molar-refractivity contribution >= 4 is 50.6 Å². The zero-order valence-electron chi connectivity index (χ0n) is 18.8. The van der Waals surface area contributed by atoms with Crippen LogP contribution in [0.4, 0.5) is 5.82 Å². The number of fused-ring (bicyclic) bond motifs is 2. The average Bonchev–Trinajstić information content (AvgIpc) is 3.50. The number of halogens is 1. The zero-order valence-corrected chi connectivity index (χ0v) is 21.2. The molecule has 1 fully saturated rings. The molecule has 0 bridgehead atoms. The van der Waals surface area contributed by atoms with E-state index in [-0.39, 0.29) is 6.79 Å². The maximum atomic E-state index is 12.1. The maximum Gasteiger partial charge on any atom is 0.294 e. The van der Waals surface area contributed by atoms with Crippen LogP contribution < -0.4 is 19.8 Å². The van der Waals surface area contributed by atoms with Crippen molar-refractivity contribution in [3.8, 4) is 11.5 Å². The Morgan fingerprint density at radius 1 is 1.34 bits per heavy atom. The van der Waals surface area contributed by atoms with Crippen LogP contribution in [-0.2, 0) is 11.3 Å². The number of carbonyl (C=O) groups is 1. The summed E-state index contributed by atoms with van der Waals surface area (Å²) in [6, 6.07) is 3.80. The first-order chi connectivity index (χ1) is 16.9. The van der Waals surface area contributed by atoms with Gasteiger partial charge in [0.25, 0.3) is 11.6 Å². The number of ether oxygens (including phenoxy) is 2. The SMILES string of the molecule is Nc1nc[n+](CCC2CCN(C(=O)[C@@H](O)CO)CC2)c2nc(Sc3cc4c(cc3Br)OCO4)[nH]c12. The highest BCUT2D eigenvalue weighted by Gasteiger charge is 2.27. The van der Waals surface area contributed by atoms with Gasteiger partial charge in [-0.3, -0.25) is 4.79 Å². The minimum atomic E-state index is -1.33.